The van der Waals surface area contributed by atoms with Crippen LogP contribution in [0.1, 0.15) is 43.9 Å². The number of ether oxygens (including phenoxy) is 2. The van der Waals surface area contributed by atoms with Gasteiger partial charge in [-0.05, 0) is 50.5 Å². The van der Waals surface area contributed by atoms with Crippen molar-refractivity contribution in [3.05, 3.63) is 87.4 Å². The molecule has 0 unspecified atom stereocenters. The van der Waals surface area contributed by atoms with Crippen molar-refractivity contribution in [2.45, 2.75) is 69.5 Å². The molecule has 3 amide bonds. The number of rotatable bonds is 4. The summed E-state index contributed by atoms with van der Waals surface area (Å²) in [7, 11) is 0. The summed E-state index contributed by atoms with van der Waals surface area (Å²) in [5.74, 6) is -4.10. The van der Waals surface area contributed by atoms with Gasteiger partial charge in [0.25, 0.3) is 5.91 Å². The van der Waals surface area contributed by atoms with Crippen molar-refractivity contribution in [3.63, 3.8) is 0 Å². The van der Waals surface area contributed by atoms with Crippen LogP contribution in [0.15, 0.2) is 71.2 Å². The number of nitrogens with zero attached hydrogens (tertiary/aromatic N) is 2. The van der Waals surface area contributed by atoms with Gasteiger partial charge in [-0.15, -0.1) is 0 Å². The van der Waals surface area contributed by atoms with Gasteiger partial charge >= 0.3 is 5.97 Å². The number of halogens is 2. The molecule has 2 fully saturated rings. The molecule has 2 N–H and O–H groups in total. The zero-order valence-electron chi connectivity index (χ0n) is 26.3. The number of para-hydroxylation sites is 1. The Bertz CT molecular complexity index is 1630. The Balaban J connectivity index is 1.50. The first kappa shape index (κ1) is 33.4. The minimum absolute atomic E-state index is 0.0874. The molecule has 4 aliphatic heterocycles. The summed E-state index contributed by atoms with van der Waals surface area (Å²) < 4.78 is 13.3. The van der Waals surface area contributed by atoms with Crippen molar-refractivity contribution in [3.8, 4) is 0 Å². The van der Waals surface area contributed by atoms with E-state index in [1.807, 2.05) is 49.4 Å². The van der Waals surface area contributed by atoms with Crippen molar-refractivity contribution >= 4 is 56.9 Å². The lowest BCUT2D eigenvalue weighted by atomic mass is 9.74. The van der Waals surface area contributed by atoms with Gasteiger partial charge in [0, 0.05) is 17.4 Å². The van der Waals surface area contributed by atoms with Crippen molar-refractivity contribution in [2.24, 2.45) is 11.8 Å². The predicted octanol–water partition coefficient (Wildman–Crippen LogP) is 4.37. The zero-order valence-corrected chi connectivity index (χ0v) is 28.6. The second kappa shape index (κ2) is 13.2. The second-order valence-electron chi connectivity index (χ2n) is 12.6. The van der Waals surface area contributed by atoms with Crippen LogP contribution in [0, 0.1) is 18.8 Å². The molecular weight excluding hydrogens is 690 g/mol. The van der Waals surface area contributed by atoms with Gasteiger partial charge in [0.1, 0.15) is 29.8 Å². The van der Waals surface area contributed by atoms with E-state index in [2.05, 4.69) is 21.2 Å². The van der Waals surface area contributed by atoms with Gasteiger partial charge in [-0.25, -0.2) is 0 Å². The van der Waals surface area contributed by atoms with E-state index in [1.165, 1.54) is 9.80 Å². The number of allylic oxidation sites excluding steroid dienone is 1. The fourth-order valence-electron chi connectivity index (χ4n) is 7.39. The molecule has 6 rings (SSSR count). The van der Waals surface area contributed by atoms with E-state index in [9.17, 15) is 24.3 Å². The van der Waals surface area contributed by atoms with Crippen LogP contribution in [0.25, 0.3) is 0 Å². The summed E-state index contributed by atoms with van der Waals surface area (Å²) in [6.45, 7) is 4.93. The number of carbonyl (C=O) groups is 4. The smallest absolute Gasteiger partial charge is 0.313 e. The number of esters is 1. The summed E-state index contributed by atoms with van der Waals surface area (Å²) in [6, 6.07) is 11.8. The van der Waals surface area contributed by atoms with E-state index in [0.29, 0.717) is 27.2 Å². The van der Waals surface area contributed by atoms with Gasteiger partial charge in [0.05, 0.1) is 35.3 Å². The highest BCUT2D eigenvalue weighted by molar-refractivity contribution is 9.11. The lowest BCUT2D eigenvalue weighted by Gasteiger charge is -2.38. The number of nitrogens with one attached hydrogen (secondary N) is 1. The third-order valence-electron chi connectivity index (χ3n) is 9.54. The van der Waals surface area contributed by atoms with E-state index in [-0.39, 0.29) is 18.9 Å². The molecule has 0 radical (unpaired) electrons. The summed E-state index contributed by atoms with van der Waals surface area (Å²) >= 11 is 10.3. The van der Waals surface area contributed by atoms with Gasteiger partial charge in [0.2, 0.25) is 11.8 Å². The summed E-state index contributed by atoms with van der Waals surface area (Å²) in [6.07, 6.45) is 4.16. The number of likely N-dealkylation sites (tertiary alicyclic amines) is 1. The molecule has 2 aromatic carbocycles. The highest BCUT2D eigenvalue weighted by Crippen LogP contribution is 2.59. The van der Waals surface area contributed by atoms with Crippen LogP contribution in [0.3, 0.4) is 0 Å². The first-order chi connectivity index (χ1) is 22.5. The average molecular weight is 727 g/mol. The Morgan fingerprint density at radius 2 is 1.81 bits per heavy atom. The Hall–Kier alpha value is -3.51. The van der Waals surface area contributed by atoms with Gasteiger partial charge < -0.3 is 29.7 Å². The molecular formula is C35H37BrClN3O7. The summed E-state index contributed by atoms with van der Waals surface area (Å²) in [5.41, 5.74) is 0.347. The Morgan fingerprint density at radius 3 is 2.51 bits per heavy atom. The highest BCUT2D eigenvalue weighted by atomic mass is 79.9. The number of hydrogen-bond donors (Lipinski definition) is 2. The lowest BCUT2D eigenvalue weighted by Crippen LogP contribution is -2.58. The molecule has 1 spiro atoms. The monoisotopic (exact) mass is 725 g/mol. The van der Waals surface area contributed by atoms with E-state index in [1.54, 1.807) is 38.1 Å². The van der Waals surface area contributed by atoms with E-state index in [0.717, 1.165) is 5.56 Å². The number of hydrogen-bond acceptors (Lipinski definition) is 7. The molecule has 2 saturated heterocycles. The number of cyclic esters (lactones) is 1. The molecule has 8 atom stereocenters. The third-order valence-corrected chi connectivity index (χ3v) is 10.5. The van der Waals surface area contributed by atoms with Crippen molar-refractivity contribution < 1.29 is 33.8 Å². The molecule has 10 nitrogen and oxygen atoms in total. The number of fused-ring (bicyclic) bond motifs is 2. The fraction of sp³-hybridized carbons (Fsp3) is 0.429. The van der Waals surface area contributed by atoms with Crippen LogP contribution >= 0.6 is 27.5 Å². The first-order valence-electron chi connectivity index (χ1n) is 15.8. The Kier molecular flexibility index (Phi) is 9.37. The van der Waals surface area contributed by atoms with Crippen LogP contribution in [-0.4, -0.2) is 76.7 Å². The largest absolute Gasteiger partial charge is 0.455 e. The van der Waals surface area contributed by atoms with E-state index >= 15 is 0 Å². The molecule has 0 aromatic heterocycles. The molecule has 47 heavy (non-hydrogen) atoms. The number of benzene rings is 2. The Morgan fingerprint density at radius 1 is 1.06 bits per heavy atom. The molecule has 4 aliphatic rings. The number of amides is 3. The number of anilines is 1. The SMILES string of the molecule is Cc1cccc(Cl)c1N1C/C=C\CCC(=O)N[C@@H](C)[C@H](c2ccccc2)OC(=O)[C@H]2[C@@H]3O[C@@]4(C=C3Br)[C@@H]2C(=O)N([C@H](C)CO)[C@@H]4C1=O. The van der Waals surface area contributed by atoms with Crippen molar-refractivity contribution in [1.82, 2.24) is 10.2 Å². The molecule has 5 bridgehead atoms. The van der Waals surface area contributed by atoms with Crippen LogP contribution in [0.2, 0.25) is 5.02 Å². The van der Waals surface area contributed by atoms with Gasteiger partial charge in [-0.3, -0.25) is 19.2 Å². The van der Waals surface area contributed by atoms with Gasteiger partial charge in [-0.1, -0.05) is 82.1 Å². The van der Waals surface area contributed by atoms with Crippen molar-refractivity contribution in [2.75, 3.05) is 18.1 Å². The van der Waals surface area contributed by atoms with Crippen LogP contribution < -0.4 is 10.2 Å². The predicted molar refractivity (Wildman–Crippen MR) is 179 cm³/mol. The maximum Gasteiger partial charge on any atom is 0.313 e. The number of aryl methyl sites for hydroxylation is 1. The third kappa shape index (κ3) is 5.71. The maximum absolute atomic E-state index is 15.0. The second-order valence-corrected chi connectivity index (χ2v) is 13.9. The number of aliphatic hydroxyl groups is 1. The molecule has 2 aromatic rings. The maximum atomic E-state index is 15.0. The first-order valence-corrected chi connectivity index (χ1v) is 16.9. The van der Waals surface area contributed by atoms with Gasteiger partial charge in [-0.2, -0.15) is 0 Å². The van der Waals surface area contributed by atoms with Crippen LogP contribution in [-0.2, 0) is 28.7 Å². The van der Waals surface area contributed by atoms with Crippen molar-refractivity contribution in [1.29, 1.82) is 0 Å². The molecule has 0 saturated carbocycles. The zero-order chi connectivity index (χ0) is 33.6. The fourth-order valence-corrected chi connectivity index (χ4v) is 8.45. The molecule has 248 valence electrons. The molecule has 0 aliphatic carbocycles. The van der Waals surface area contributed by atoms with Crippen LogP contribution in [0.5, 0.6) is 0 Å². The summed E-state index contributed by atoms with van der Waals surface area (Å²) in [4.78, 5) is 59.6. The quantitative estimate of drug-likeness (QED) is 0.354. The average Bonchev–Trinajstić information content (AvgIpc) is 3.64. The Labute approximate surface area is 286 Å². The van der Waals surface area contributed by atoms with Crippen LogP contribution in [0.4, 0.5) is 5.69 Å². The number of carbonyl (C=O) groups excluding carboxylic acids is 4. The topological polar surface area (TPSA) is 125 Å². The van der Waals surface area contributed by atoms with E-state index < -0.39 is 72.2 Å². The van der Waals surface area contributed by atoms with E-state index in [4.69, 9.17) is 21.1 Å². The normalized spacial score (nSPS) is 32.5. The molecule has 4 heterocycles. The molecule has 12 heteroatoms. The minimum atomic E-state index is -1.53. The highest BCUT2D eigenvalue weighted by Gasteiger charge is 2.75. The lowest BCUT2D eigenvalue weighted by molar-refractivity contribution is -0.161. The van der Waals surface area contributed by atoms with Gasteiger partial charge in [0.15, 0.2) is 0 Å². The minimum Gasteiger partial charge on any atom is -0.455 e. The number of aliphatic hydroxyl groups excluding tert-OH is 1. The standard InChI is InChI=1S/C35H37BrClN3O7/c1-19-11-10-14-24(37)28(19)39-16-9-5-8-15-25(42)38-21(3)29(22-12-6-4-7-13-22)46-34(45)26-27-32(43)40(20(2)18-41)31(33(39)44)35(27)17-23(36)30(26)47-35/h4-7,9-14,17,20-21,26-27,29-31,41H,8,15-16,18H2,1-3H3,(H,38,42)/b9-5-/t20-,21+,26-,27+,29-,30-,31-,35+/m1/s1. The summed E-state index contributed by atoms with van der Waals surface area (Å²) in [5, 5.41) is 13.6.